The molecule has 0 bridgehead atoms. The molecule has 22 heavy (non-hydrogen) atoms. The van der Waals surface area contributed by atoms with Crippen LogP contribution in [0.5, 0.6) is 0 Å². The molecule has 3 aliphatic rings. The van der Waals surface area contributed by atoms with Gasteiger partial charge in [-0.2, -0.15) is 0 Å². The maximum atomic E-state index is 4.92. The zero-order valence-corrected chi connectivity index (χ0v) is 13.5. The third-order valence-electron chi connectivity index (χ3n) is 5.65. The van der Waals surface area contributed by atoms with E-state index >= 15 is 0 Å². The fourth-order valence-electron chi connectivity index (χ4n) is 4.43. The van der Waals surface area contributed by atoms with Crippen LogP contribution in [0, 0.1) is 5.92 Å². The normalized spacial score (nSPS) is 23.2. The first-order chi connectivity index (χ1) is 10.9. The van der Waals surface area contributed by atoms with Crippen LogP contribution in [0.25, 0.3) is 0 Å². The molecule has 3 nitrogen and oxygen atoms in total. The lowest BCUT2D eigenvalue weighted by atomic mass is 9.83. The molecule has 2 fully saturated rings. The molecule has 1 aromatic rings. The molecule has 1 aromatic heterocycles. The number of nitrogens with one attached hydrogen (secondary N) is 1. The van der Waals surface area contributed by atoms with E-state index in [4.69, 9.17) is 9.98 Å². The minimum atomic E-state index is 0.612. The standard InChI is InChI=1S/C19H27N3/c1-3-7-14(8-4-1)18-17-15(13-21-18)11-12-20-19(17)22-16-9-5-2-6-10-16/h11-12,14,16H,1-10,13H2,(H,20,22). The summed E-state index contributed by atoms with van der Waals surface area (Å²) in [6, 6.07) is 2.78. The van der Waals surface area contributed by atoms with Crippen molar-refractivity contribution in [3.63, 3.8) is 0 Å². The molecular formula is C19H27N3. The molecule has 1 aliphatic heterocycles. The average Bonchev–Trinajstić information content (AvgIpc) is 3.02. The number of nitrogens with zero attached hydrogens (tertiary/aromatic N) is 2. The van der Waals surface area contributed by atoms with Crippen LogP contribution in [-0.4, -0.2) is 16.7 Å². The summed E-state index contributed by atoms with van der Waals surface area (Å²) in [4.78, 5) is 9.62. The lowest BCUT2D eigenvalue weighted by Crippen LogP contribution is -2.25. The number of hydrogen-bond donors (Lipinski definition) is 1. The van der Waals surface area contributed by atoms with Gasteiger partial charge in [0, 0.05) is 29.4 Å². The molecule has 0 aromatic carbocycles. The first-order valence-electron chi connectivity index (χ1n) is 9.21. The number of fused-ring (bicyclic) bond motifs is 1. The van der Waals surface area contributed by atoms with Crippen LogP contribution >= 0.6 is 0 Å². The Bertz CT molecular complexity index is 552. The van der Waals surface area contributed by atoms with Crippen molar-refractivity contribution in [2.24, 2.45) is 10.9 Å². The van der Waals surface area contributed by atoms with E-state index in [0.717, 1.165) is 12.4 Å². The highest BCUT2D eigenvalue weighted by atomic mass is 15.0. The van der Waals surface area contributed by atoms with Crippen molar-refractivity contribution >= 4 is 11.5 Å². The maximum Gasteiger partial charge on any atom is 0.135 e. The van der Waals surface area contributed by atoms with Gasteiger partial charge >= 0.3 is 0 Å². The Kier molecular flexibility index (Phi) is 4.13. The highest BCUT2D eigenvalue weighted by Crippen LogP contribution is 2.35. The van der Waals surface area contributed by atoms with Crippen molar-refractivity contribution in [3.05, 3.63) is 23.4 Å². The zero-order valence-electron chi connectivity index (χ0n) is 13.5. The Hall–Kier alpha value is -1.38. The molecule has 118 valence electrons. The second-order valence-corrected chi connectivity index (χ2v) is 7.21. The molecule has 0 atom stereocenters. The molecule has 1 N–H and O–H groups in total. The summed E-state index contributed by atoms with van der Waals surface area (Å²) in [6.07, 6.45) is 15.4. The van der Waals surface area contributed by atoms with Gasteiger partial charge in [-0.25, -0.2) is 4.98 Å². The van der Waals surface area contributed by atoms with Crippen LogP contribution < -0.4 is 5.32 Å². The summed E-state index contributed by atoms with van der Waals surface area (Å²) in [5.74, 6) is 1.79. The molecule has 2 saturated carbocycles. The van der Waals surface area contributed by atoms with Crippen molar-refractivity contribution in [1.82, 2.24) is 4.98 Å². The second kappa shape index (κ2) is 6.39. The van der Waals surface area contributed by atoms with Crippen LogP contribution in [0.4, 0.5) is 5.82 Å². The van der Waals surface area contributed by atoms with Crippen molar-refractivity contribution in [1.29, 1.82) is 0 Å². The van der Waals surface area contributed by atoms with Gasteiger partial charge in [-0.05, 0) is 37.3 Å². The summed E-state index contributed by atoms with van der Waals surface area (Å²) in [5, 5.41) is 3.76. The molecule has 2 heterocycles. The van der Waals surface area contributed by atoms with E-state index in [1.54, 1.807) is 0 Å². The Morgan fingerprint density at radius 2 is 1.64 bits per heavy atom. The molecule has 0 amide bonds. The SMILES string of the molecule is c1cc2c(c(NC3CCCCC3)n1)C(C1CCCCC1)=NC2. The number of pyridine rings is 1. The lowest BCUT2D eigenvalue weighted by molar-refractivity contribution is 0.439. The van der Waals surface area contributed by atoms with Gasteiger partial charge in [-0.3, -0.25) is 4.99 Å². The van der Waals surface area contributed by atoms with E-state index in [0.29, 0.717) is 12.0 Å². The quantitative estimate of drug-likeness (QED) is 0.877. The van der Waals surface area contributed by atoms with E-state index in [9.17, 15) is 0 Å². The van der Waals surface area contributed by atoms with Gasteiger partial charge < -0.3 is 5.32 Å². The van der Waals surface area contributed by atoms with Crippen LogP contribution in [-0.2, 0) is 6.54 Å². The van der Waals surface area contributed by atoms with Crippen molar-refractivity contribution in [2.45, 2.75) is 76.8 Å². The van der Waals surface area contributed by atoms with Gasteiger partial charge in [0.1, 0.15) is 5.82 Å². The van der Waals surface area contributed by atoms with Gasteiger partial charge in [-0.15, -0.1) is 0 Å². The molecule has 3 heteroatoms. The summed E-state index contributed by atoms with van der Waals surface area (Å²) in [5.41, 5.74) is 4.11. The highest BCUT2D eigenvalue weighted by molar-refractivity contribution is 6.08. The first-order valence-corrected chi connectivity index (χ1v) is 9.21. The summed E-state index contributed by atoms with van der Waals surface area (Å²) < 4.78 is 0. The lowest BCUT2D eigenvalue weighted by Gasteiger charge is -2.26. The minimum Gasteiger partial charge on any atom is -0.367 e. The van der Waals surface area contributed by atoms with Gasteiger partial charge in [0.2, 0.25) is 0 Å². The zero-order chi connectivity index (χ0) is 14.8. The van der Waals surface area contributed by atoms with E-state index in [2.05, 4.69) is 11.4 Å². The van der Waals surface area contributed by atoms with Crippen molar-refractivity contribution in [3.8, 4) is 0 Å². The largest absolute Gasteiger partial charge is 0.367 e. The third kappa shape index (κ3) is 2.78. The molecule has 4 rings (SSSR count). The topological polar surface area (TPSA) is 37.3 Å². The fourth-order valence-corrected chi connectivity index (χ4v) is 4.43. The Morgan fingerprint density at radius 1 is 0.909 bits per heavy atom. The Balaban J connectivity index is 1.58. The van der Waals surface area contributed by atoms with E-state index < -0.39 is 0 Å². The third-order valence-corrected chi connectivity index (χ3v) is 5.65. The molecule has 0 saturated heterocycles. The molecule has 2 aliphatic carbocycles. The van der Waals surface area contributed by atoms with Crippen molar-refractivity contribution in [2.75, 3.05) is 5.32 Å². The van der Waals surface area contributed by atoms with Gasteiger partial charge in [0.25, 0.3) is 0 Å². The number of aliphatic imine (C=N–C) groups is 1. The monoisotopic (exact) mass is 297 g/mol. The summed E-state index contributed by atoms with van der Waals surface area (Å²) in [6.45, 7) is 0.864. The number of aromatic nitrogens is 1. The second-order valence-electron chi connectivity index (χ2n) is 7.21. The minimum absolute atomic E-state index is 0.612. The van der Waals surface area contributed by atoms with E-state index in [1.807, 2.05) is 6.20 Å². The van der Waals surface area contributed by atoms with Crippen LogP contribution in [0.15, 0.2) is 17.3 Å². The van der Waals surface area contributed by atoms with E-state index in [-0.39, 0.29) is 0 Å². The Labute approximate surface area is 133 Å². The van der Waals surface area contributed by atoms with Crippen LogP contribution in [0.2, 0.25) is 0 Å². The highest BCUT2D eigenvalue weighted by Gasteiger charge is 2.29. The summed E-state index contributed by atoms with van der Waals surface area (Å²) >= 11 is 0. The van der Waals surface area contributed by atoms with Gasteiger partial charge in [-0.1, -0.05) is 38.5 Å². The van der Waals surface area contributed by atoms with Gasteiger partial charge in [0.05, 0.1) is 6.54 Å². The smallest absolute Gasteiger partial charge is 0.135 e. The van der Waals surface area contributed by atoms with E-state index in [1.165, 1.54) is 81.0 Å². The average molecular weight is 297 g/mol. The fraction of sp³-hybridized carbons (Fsp3) is 0.684. The predicted octanol–water partition coefficient (Wildman–Crippen LogP) is 4.71. The maximum absolute atomic E-state index is 4.92. The predicted molar refractivity (Wildman–Crippen MR) is 91.5 cm³/mol. The molecule has 0 spiro atoms. The van der Waals surface area contributed by atoms with Crippen molar-refractivity contribution < 1.29 is 0 Å². The number of rotatable bonds is 3. The molecule has 0 unspecified atom stereocenters. The van der Waals surface area contributed by atoms with Crippen LogP contribution in [0.1, 0.15) is 75.3 Å². The Morgan fingerprint density at radius 3 is 2.41 bits per heavy atom. The molecule has 0 radical (unpaired) electrons. The first kappa shape index (κ1) is 14.2. The molecular weight excluding hydrogens is 270 g/mol. The number of anilines is 1. The number of hydrogen-bond acceptors (Lipinski definition) is 3. The summed E-state index contributed by atoms with van der Waals surface area (Å²) in [7, 11) is 0. The van der Waals surface area contributed by atoms with Crippen LogP contribution in [0.3, 0.4) is 0 Å². The van der Waals surface area contributed by atoms with Gasteiger partial charge in [0.15, 0.2) is 0 Å².